The van der Waals surface area contributed by atoms with Crippen LogP contribution < -0.4 is 5.32 Å². The van der Waals surface area contributed by atoms with Crippen LogP contribution in [0.3, 0.4) is 0 Å². The van der Waals surface area contributed by atoms with E-state index in [4.69, 9.17) is 16.0 Å². The van der Waals surface area contributed by atoms with Gasteiger partial charge in [-0.25, -0.2) is 13.4 Å². The van der Waals surface area contributed by atoms with Crippen LogP contribution in [0.4, 0.5) is 0 Å². The summed E-state index contributed by atoms with van der Waals surface area (Å²) in [7, 11) is -2.86. The van der Waals surface area contributed by atoms with Gasteiger partial charge in [0.2, 0.25) is 5.91 Å². The molecule has 144 valence electrons. The van der Waals surface area contributed by atoms with Crippen LogP contribution in [0.15, 0.2) is 22.6 Å². The topological polar surface area (TPSA) is 89.3 Å². The lowest BCUT2D eigenvalue weighted by Crippen LogP contribution is -2.56. The van der Waals surface area contributed by atoms with Crippen LogP contribution in [-0.2, 0) is 14.6 Å². The van der Waals surface area contributed by atoms with E-state index >= 15 is 0 Å². The molecule has 1 amide bonds. The normalized spacial score (nSPS) is 31.9. The van der Waals surface area contributed by atoms with Crippen molar-refractivity contribution in [3.8, 4) is 0 Å². The number of fused-ring (bicyclic) bond motifs is 1. The minimum atomic E-state index is -2.86. The third-order valence-corrected chi connectivity index (χ3v) is 8.45. The molecule has 0 unspecified atom stereocenters. The third kappa shape index (κ3) is 3.25. The maximum Gasteiger partial charge on any atom is 0.220 e. The second-order valence-corrected chi connectivity index (χ2v) is 11.2. The number of oxazole rings is 1. The Kier molecular flexibility index (Phi) is 3.85. The molecule has 27 heavy (non-hydrogen) atoms. The summed E-state index contributed by atoms with van der Waals surface area (Å²) in [6.07, 6.45) is 4.40. The number of hydrogen-bond donors (Lipinski definition) is 1. The highest BCUT2D eigenvalue weighted by Crippen LogP contribution is 2.61. The summed E-state index contributed by atoms with van der Waals surface area (Å²) >= 11 is 6.00. The molecule has 0 bridgehead atoms. The van der Waals surface area contributed by atoms with Gasteiger partial charge in [0.1, 0.15) is 5.52 Å². The predicted octanol–water partition coefficient (Wildman–Crippen LogP) is 3.06. The van der Waals surface area contributed by atoms with Gasteiger partial charge in [-0.15, -0.1) is 0 Å². The molecule has 6 nitrogen and oxygen atoms in total. The lowest BCUT2D eigenvalue weighted by Gasteiger charge is -2.57. The zero-order valence-corrected chi connectivity index (χ0v) is 16.4. The number of nitrogens with one attached hydrogen (secondary N) is 1. The van der Waals surface area contributed by atoms with Gasteiger partial charge in [0, 0.05) is 23.4 Å². The minimum Gasteiger partial charge on any atom is -0.440 e. The maximum absolute atomic E-state index is 12.0. The zero-order valence-electron chi connectivity index (χ0n) is 14.8. The summed E-state index contributed by atoms with van der Waals surface area (Å²) in [6, 6.07) is 5.70. The lowest BCUT2D eigenvalue weighted by molar-refractivity contribution is -0.125. The van der Waals surface area contributed by atoms with Gasteiger partial charge in [-0.3, -0.25) is 4.79 Å². The van der Waals surface area contributed by atoms with Crippen molar-refractivity contribution in [3.63, 3.8) is 0 Å². The first kappa shape index (κ1) is 17.5. The van der Waals surface area contributed by atoms with Crippen LogP contribution >= 0.6 is 11.6 Å². The van der Waals surface area contributed by atoms with Crippen molar-refractivity contribution in [2.45, 2.75) is 44.1 Å². The van der Waals surface area contributed by atoms with Crippen LogP contribution in [0.1, 0.15) is 43.9 Å². The van der Waals surface area contributed by atoms with Crippen molar-refractivity contribution in [3.05, 3.63) is 29.1 Å². The second kappa shape index (κ2) is 5.95. The van der Waals surface area contributed by atoms with Crippen LogP contribution in [0.5, 0.6) is 0 Å². The van der Waals surface area contributed by atoms with Gasteiger partial charge in [-0.1, -0.05) is 11.6 Å². The fourth-order valence-electron chi connectivity index (χ4n) is 5.01. The summed E-state index contributed by atoms with van der Waals surface area (Å²) < 4.78 is 28.2. The Bertz CT molecular complexity index is 1010. The van der Waals surface area contributed by atoms with Gasteiger partial charge in [-0.05, 0) is 55.2 Å². The molecule has 2 aromatic rings. The third-order valence-electron chi connectivity index (χ3n) is 6.25. The predicted molar refractivity (Wildman–Crippen MR) is 101 cm³/mol. The Labute approximate surface area is 162 Å². The summed E-state index contributed by atoms with van der Waals surface area (Å²) in [5.74, 6) is 1.44. The Morgan fingerprint density at radius 1 is 1.26 bits per heavy atom. The number of aromatic nitrogens is 1. The maximum atomic E-state index is 12.0. The first-order valence-electron chi connectivity index (χ1n) is 9.35. The molecule has 2 aliphatic carbocycles. The molecular formula is C19H21ClN2O4S. The number of amides is 1. The number of sulfone groups is 1. The van der Waals surface area contributed by atoms with E-state index in [0.29, 0.717) is 22.8 Å². The van der Waals surface area contributed by atoms with Crippen molar-refractivity contribution in [1.82, 2.24) is 10.3 Å². The standard InChI is InChI=1S/C19H21ClN2O4S/c20-13-1-2-16-15(4-13)22-18(26-16)12-5-19(6-12)7-14(8-19)21-17(23)3-11-9-27(24,25)10-11/h1-2,4,11-12,14H,3,5-10H2,(H,21,23). The van der Waals surface area contributed by atoms with E-state index in [0.717, 1.165) is 42.7 Å². The zero-order chi connectivity index (χ0) is 18.8. The molecule has 3 fully saturated rings. The Balaban J connectivity index is 1.10. The monoisotopic (exact) mass is 408 g/mol. The molecular weight excluding hydrogens is 388 g/mol. The van der Waals surface area contributed by atoms with Crippen LogP contribution in [-0.4, -0.2) is 36.9 Å². The second-order valence-electron chi connectivity index (χ2n) is 8.59. The van der Waals surface area contributed by atoms with Crippen LogP contribution in [0.25, 0.3) is 11.1 Å². The van der Waals surface area contributed by atoms with Gasteiger partial charge < -0.3 is 9.73 Å². The van der Waals surface area contributed by atoms with Crippen LogP contribution in [0.2, 0.25) is 5.02 Å². The number of benzene rings is 1. The number of nitrogens with zero attached hydrogens (tertiary/aromatic N) is 1. The van der Waals surface area contributed by atoms with Crippen molar-refractivity contribution in [2.75, 3.05) is 11.5 Å². The molecule has 2 heterocycles. The number of rotatable bonds is 4. The molecule has 2 saturated carbocycles. The summed E-state index contributed by atoms with van der Waals surface area (Å²) in [4.78, 5) is 16.6. The van der Waals surface area contributed by atoms with Crippen molar-refractivity contribution >= 4 is 38.4 Å². The largest absolute Gasteiger partial charge is 0.440 e. The first-order valence-corrected chi connectivity index (χ1v) is 11.5. The van der Waals surface area contributed by atoms with Gasteiger partial charge in [0.05, 0.1) is 11.5 Å². The van der Waals surface area contributed by atoms with Gasteiger partial charge >= 0.3 is 0 Å². The van der Waals surface area contributed by atoms with Gasteiger partial charge in [0.25, 0.3) is 0 Å². The fraction of sp³-hybridized carbons (Fsp3) is 0.579. The quantitative estimate of drug-likeness (QED) is 0.839. The number of hydrogen-bond acceptors (Lipinski definition) is 5. The number of carbonyl (C=O) groups excluding carboxylic acids is 1. The highest BCUT2D eigenvalue weighted by Gasteiger charge is 2.54. The average molecular weight is 409 g/mol. The summed E-state index contributed by atoms with van der Waals surface area (Å²) in [5, 5.41) is 3.72. The van der Waals surface area contributed by atoms with E-state index in [1.54, 1.807) is 6.07 Å². The van der Waals surface area contributed by atoms with E-state index < -0.39 is 9.84 Å². The smallest absolute Gasteiger partial charge is 0.220 e. The van der Waals surface area contributed by atoms with E-state index in [9.17, 15) is 13.2 Å². The molecule has 1 saturated heterocycles. The summed E-state index contributed by atoms with van der Waals surface area (Å²) in [5.41, 5.74) is 1.88. The van der Waals surface area contributed by atoms with Crippen molar-refractivity contribution in [2.24, 2.45) is 11.3 Å². The van der Waals surface area contributed by atoms with Crippen molar-refractivity contribution in [1.29, 1.82) is 0 Å². The minimum absolute atomic E-state index is 0.00443. The number of carbonyl (C=O) groups is 1. The van der Waals surface area contributed by atoms with Gasteiger partial charge in [0.15, 0.2) is 21.3 Å². The Morgan fingerprint density at radius 3 is 2.70 bits per heavy atom. The SMILES string of the molecule is O=C(CC1CS(=O)(=O)C1)NC1CC2(C1)CC(c1nc3cc(Cl)ccc3o1)C2. The molecule has 3 aliphatic rings. The lowest BCUT2D eigenvalue weighted by atomic mass is 9.50. The van der Waals surface area contributed by atoms with E-state index in [2.05, 4.69) is 10.3 Å². The van der Waals surface area contributed by atoms with E-state index in [-0.39, 0.29) is 29.4 Å². The molecule has 1 aliphatic heterocycles. The molecule has 1 N–H and O–H groups in total. The molecule has 8 heteroatoms. The molecule has 1 aromatic carbocycles. The van der Waals surface area contributed by atoms with Crippen molar-refractivity contribution < 1.29 is 17.6 Å². The highest BCUT2D eigenvalue weighted by molar-refractivity contribution is 7.92. The highest BCUT2D eigenvalue weighted by atomic mass is 35.5. The Hall–Kier alpha value is -1.60. The van der Waals surface area contributed by atoms with Crippen LogP contribution in [0, 0.1) is 11.3 Å². The average Bonchev–Trinajstić information content (AvgIpc) is 2.88. The fourth-order valence-corrected chi connectivity index (χ4v) is 6.75. The molecule has 0 atom stereocenters. The molecule has 0 radical (unpaired) electrons. The summed E-state index contributed by atoms with van der Waals surface area (Å²) in [6.45, 7) is 0. The molecule has 5 rings (SSSR count). The molecule has 1 aromatic heterocycles. The Morgan fingerprint density at radius 2 is 2.00 bits per heavy atom. The van der Waals surface area contributed by atoms with E-state index in [1.807, 2.05) is 12.1 Å². The first-order chi connectivity index (χ1) is 12.8. The number of halogens is 1. The molecule has 1 spiro atoms. The van der Waals surface area contributed by atoms with E-state index in [1.165, 1.54) is 0 Å². The van der Waals surface area contributed by atoms with Gasteiger partial charge in [-0.2, -0.15) is 0 Å².